The summed E-state index contributed by atoms with van der Waals surface area (Å²) in [5.41, 5.74) is 5.63. The maximum atomic E-state index is 7.11. The molecule has 0 amide bonds. The lowest BCUT2D eigenvalue weighted by Gasteiger charge is -2.42. The van der Waals surface area contributed by atoms with Crippen molar-refractivity contribution < 1.29 is 0 Å². The number of rotatable bonds is 11. The van der Waals surface area contributed by atoms with Crippen LogP contribution in [0.4, 0.5) is 0 Å². The molecule has 1 unspecified atom stereocenters. The van der Waals surface area contributed by atoms with Crippen molar-refractivity contribution in [2.75, 3.05) is 13.1 Å². The Morgan fingerprint density at radius 2 is 1.41 bits per heavy atom. The first kappa shape index (κ1) is 24.1. The van der Waals surface area contributed by atoms with Crippen molar-refractivity contribution in [2.45, 2.75) is 93.8 Å². The predicted octanol–water partition coefficient (Wildman–Crippen LogP) is 8.20. The molecule has 0 aliphatic heterocycles. The van der Waals surface area contributed by atoms with E-state index in [1.165, 1.54) is 41.5 Å². The predicted molar refractivity (Wildman–Crippen MR) is 139 cm³/mol. The van der Waals surface area contributed by atoms with Gasteiger partial charge < -0.3 is 4.90 Å². The van der Waals surface area contributed by atoms with Gasteiger partial charge in [-0.3, -0.25) is 0 Å². The summed E-state index contributed by atoms with van der Waals surface area (Å²) in [5, 5.41) is 0. The quantitative estimate of drug-likeness (QED) is 0.298. The second-order valence-corrected chi connectivity index (χ2v) is 11.6. The third-order valence-corrected chi connectivity index (χ3v) is 9.07. The Morgan fingerprint density at radius 3 is 1.91 bits per heavy atom. The fourth-order valence-corrected chi connectivity index (χ4v) is 6.39. The van der Waals surface area contributed by atoms with Crippen LogP contribution in [0.3, 0.4) is 0 Å². The lowest BCUT2D eigenvalue weighted by molar-refractivity contribution is 0.201. The van der Waals surface area contributed by atoms with Crippen molar-refractivity contribution in [3.05, 3.63) is 70.8 Å². The van der Waals surface area contributed by atoms with Crippen LogP contribution in [-0.2, 0) is 22.6 Å². The number of alkyl halides is 2. The summed E-state index contributed by atoms with van der Waals surface area (Å²) in [6.45, 7) is 6.97. The number of halogens is 2. The molecule has 174 valence electrons. The zero-order chi connectivity index (χ0) is 22.6. The highest BCUT2D eigenvalue weighted by atomic mass is 35.5. The third kappa shape index (κ3) is 5.21. The van der Waals surface area contributed by atoms with E-state index < -0.39 is 0 Å². The van der Waals surface area contributed by atoms with Crippen LogP contribution in [0.1, 0.15) is 87.5 Å². The van der Waals surface area contributed by atoms with Gasteiger partial charge in [-0.25, -0.2) is 0 Å². The van der Waals surface area contributed by atoms with Crippen LogP contribution in [-0.4, -0.2) is 24.0 Å². The molecule has 32 heavy (non-hydrogen) atoms. The first-order chi connectivity index (χ1) is 15.5. The largest absolute Gasteiger partial charge is 0.300 e. The molecule has 0 saturated heterocycles. The van der Waals surface area contributed by atoms with E-state index in [0.29, 0.717) is 6.04 Å². The van der Waals surface area contributed by atoms with Gasteiger partial charge in [-0.05, 0) is 99.9 Å². The van der Waals surface area contributed by atoms with Gasteiger partial charge in [-0.15, -0.1) is 23.2 Å². The maximum Gasteiger partial charge on any atom is 0.0697 e. The molecule has 2 aliphatic carbocycles. The van der Waals surface area contributed by atoms with Crippen molar-refractivity contribution in [1.29, 1.82) is 0 Å². The second kappa shape index (κ2) is 10.5. The van der Waals surface area contributed by atoms with E-state index in [4.69, 9.17) is 23.2 Å². The van der Waals surface area contributed by atoms with E-state index in [1.54, 1.807) is 0 Å². The minimum absolute atomic E-state index is 0.165. The SMILES string of the molecule is CCCN(CCc1ccccc1)C(C)CCc1c(C2(Cl)CCC2)cccc1C1(Cl)CCC1. The average Bonchev–Trinajstić information content (AvgIpc) is 2.77. The summed E-state index contributed by atoms with van der Waals surface area (Å²) in [6, 6.07) is 18.2. The number of nitrogens with zero attached hydrogens (tertiary/aromatic N) is 1. The molecule has 0 spiro atoms. The molecule has 0 aromatic heterocycles. The van der Waals surface area contributed by atoms with Gasteiger partial charge in [0.2, 0.25) is 0 Å². The summed E-state index contributed by atoms with van der Waals surface area (Å²) in [7, 11) is 0. The minimum Gasteiger partial charge on any atom is -0.300 e. The first-order valence-corrected chi connectivity index (χ1v) is 13.5. The molecule has 2 fully saturated rings. The van der Waals surface area contributed by atoms with E-state index in [0.717, 1.165) is 58.0 Å². The van der Waals surface area contributed by atoms with Crippen LogP contribution >= 0.6 is 23.2 Å². The van der Waals surface area contributed by atoms with Crippen LogP contribution in [0.5, 0.6) is 0 Å². The Morgan fingerprint density at radius 1 is 0.812 bits per heavy atom. The second-order valence-electron chi connectivity index (χ2n) is 10.1. The Bertz CT molecular complexity index is 832. The normalized spacial score (nSPS) is 19.9. The van der Waals surface area contributed by atoms with Gasteiger partial charge in [0.25, 0.3) is 0 Å². The van der Waals surface area contributed by atoms with Crippen molar-refractivity contribution in [1.82, 2.24) is 4.90 Å². The van der Waals surface area contributed by atoms with Gasteiger partial charge in [0, 0.05) is 12.6 Å². The summed E-state index contributed by atoms with van der Waals surface area (Å²) >= 11 is 14.2. The molecule has 0 N–H and O–H groups in total. The zero-order valence-electron chi connectivity index (χ0n) is 19.9. The van der Waals surface area contributed by atoms with E-state index >= 15 is 0 Å². The van der Waals surface area contributed by atoms with Crippen molar-refractivity contribution in [2.24, 2.45) is 0 Å². The van der Waals surface area contributed by atoms with Gasteiger partial charge in [-0.1, -0.05) is 55.5 Å². The van der Waals surface area contributed by atoms with E-state index in [-0.39, 0.29) is 9.75 Å². The summed E-state index contributed by atoms with van der Waals surface area (Å²) in [4.78, 5) is 2.35. The Balaban J connectivity index is 1.49. The number of hydrogen-bond acceptors (Lipinski definition) is 1. The molecule has 3 heteroatoms. The fraction of sp³-hybridized carbons (Fsp3) is 0.586. The molecule has 2 saturated carbocycles. The highest BCUT2D eigenvalue weighted by Gasteiger charge is 2.43. The monoisotopic (exact) mass is 471 g/mol. The van der Waals surface area contributed by atoms with Gasteiger partial charge in [0.05, 0.1) is 9.75 Å². The van der Waals surface area contributed by atoms with Gasteiger partial charge >= 0.3 is 0 Å². The topological polar surface area (TPSA) is 3.24 Å². The molecule has 0 heterocycles. The summed E-state index contributed by atoms with van der Waals surface area (Å²) in [5.74, 6) is 0. The van der Waals surface area contributed by atoms with Crippen LogP contribution in [0.25, 0.3) is 0 Å². The van der Waals surface area contributed by atoms with Gasteiger partial charge in [0.1, 0.15) is 0 Å². The van der Waals surface area contributed by atoms with Crippen molar-refractivity contribution in [3.63, 3.8) is 0 Å². The minimum atomic E-state index is -0.165. The van der Waals surface area contributed by atoms with E-state index in [9.17, 15) is 0 Å². The highest BCUT2D eigenvalue weighted by molar-refractivity contribution is 6.25. The maximum absolute atomic E-state index is 7.11. The third-order valence-electron chi connectivity index (χ3n) is 7.91. The van der Waals surface area contributed by atoms with Crippen molar-refractivity contribution in [3.8, 4) is 0 Å². The Hall–Kier alpha value is -1.02. The van der Waals surface area contributed by atoms with Crippen LogP contribution in [0, 0.1) is 0 Å². The van der Waals surface area contributed by atoms with Crippen LogP contribution < -0.4 is 0 Å². The molecule has 2 aromatic rings. The van der Waals surface area contributed by atoms with E-state index in [2.05, 4.69) is 67.3 Å². The van der Waals surface area contributed by atoms with E-state index in [1.807, 2.05) is 0 Å². The lowest BCUT2D eigenvalue weighted by Crippen LogP contribution is -2.37. The Kier molecular flexibility index (Phi) is 7.91. The average molecular weight is 473 g/mol. The Labute approximate surface area is 205 Å². The molecule has 2 aromatic carbocycles. The molecule has 4 rings (SSSR count). The molecule has 1 nitrogen and oxygen atoms in total. The molecule has 0 radical (unpaired) electrons. The molecular formula is C29H39Cl2N. The lowest BCUT2D eigenvalue weighted by atomic mass is 9.71. The number of hydrogen-bond donors (Lipinski definition) is 0. The summed E-state index contributed by atoms with van der Waals surface area (Å²) < 4.78 is 0. The molecule has 0 bridgehead atoms. The van der Waals surface area contributed by atoms with Crippen LogP contribution in [0.2, 0.25) is 0 Å². The highest BCUT2D eigenvalue weighted by Crippen LogP contribution is 2.53. The zero-order valence-corrected chi connectivity index (χ0v) is 21.4. The molecule has 2 aliphatic rings. The smallest absolute Gasteiger partial charge is 0.0697 e. The van der Waals surface area contributed by atoms with Gasteiger partial charge in [-0.2, -0.15) is 0 Å². The standard InChI is InChI=1S/C29H39Cl2N/c1-3-21-32(22-16-24-10-5-4-6-11-24)23(2)14-15-25-26(28(30)17-8-18-28)12-7-13-27(25)29(31)19-9-20-29/h4-7,10-13,23H,3,8-9,14-22H2,1-2H3. The van der Waals surface area contributed by atoms with Crippen LogP contribution in [0.15, 0.2) is 48.5 Å². The fourth-order valence-electron chi connectivity index (χ4n) is 5.50. The first-order valence-electron chi connectivity index (χ1n) is 12.7. The van der Waals surface area contributed by atoms with Crippen molar-refractivity contribution >= 4 is 23.2 Å². The van der Waals surface area contributed by atoms with Gasteiger partial charge in [0.15, 0.2) is 0 Å². The summed E-state index contributed by atoms with van der Waals surface area (Å²) in [6.07, 6.45) is 11.4. The number of benzene rings is 2. The molecule has 1 atom stereocenters. The molecular weight excluding hydrogens is 433 g/mol.